The summed E-state index contributed by atoms with van der Waals surface area (Å²) in [5, 5.41) is 11.6. The molecule has 0 aliphatic heterocycles. The Morgan fingerprint density at radius 1 is 1.50 bits per heavy atom. The van der Waals surface area contributed by atoms with Gasteiger partial charge in [0.1, 0.15) is 17.7 Å². The third kappa shape index (κ3) is 1.85. The molecule has 0 saturated heterocycles. The predicted molar refractivity (Wildman–Crippen MR) is 53.0 cm³/mol. The fourth-order valence-corrected chi connectivity index (χ4v) is 1.09. The number of tetrazole rings is 1. The maximum absolute atomic E-state index is 10.9. The maximum atomic E-state index is 10.9. The second-order valence-corrected chi connectivity index (χ2v) is 2.95. The predicted octanol–water partition coefficient (Wildman–Crippen LogP) is -0.751. The van der Waals surface area contributed by atoms with Gasteiger partial charge in [-0.1, -0.05) is 0 Å². The molecule has 2 rings (SSSR count). The van der Waals surface area contributed by atoms with Gasteiger partial charge in [0.25, 0.3) is 5.91 Å². The Hall–Kier alpha value is -2.38. The van der Waals surface area contributed by atoms with Gasteiger partial charge in [-0.25, -0.2) is 9.97 Å². The summed E-state index contributed by atoms with van der Waals surface area (Å²) in [7, 11) is 0. The van der Waals surface area contributed by atoms with Crippen molar-refractivity contribution in [3.05, 3.63) is 18.1 Å². The van der Waals surface area contributed by atoms with E-state index in [9.17, 15) is 4.79 Å². The summed E-state index contributed by atoms with van der Waals surface area (Å²) in [4.78, 5) is 20.0. The van der Waals surface area contributed by atoms with Crippen LogP contribution in [0.1, 0.15) is 17.4 Å². The van der Waals surface area contributed by atoms with Gasteiger partial charge in [-0.15, -0.1) is 10.2 Å². The monoisotopic (exact) mass is 219 g/mol. The molecule has 8 nitrogen and oxygen atoms in total. The number of rotatable bonds is 3. The summed E-state index contributed by atoms with van der Waals surface area (Å²) in [6.07, 6.45) is 1.24. The van der Waals surface area contributed by atoms with Gasteiger partial charge in [-0.3, -0.25) is 4.79 Å². The van der Waals surface area contributed by atoms with Crippen molar-refractivity contribution in [1.29, 1.82) is 0 Å². The minimum Gasteiger partial charge on any atom is -0.364 e. The molecule has 2 heterocycles. The Balaban J connectivity index is 2.40. The molecule has 82 valence electrons. The average molecular weight is 219 g/mol. The van der Waals surface area contributed by atoms with E-state index in [1.54, 1.807) is 0 Å². The van der Waals surface area contributed by atoms with Crippen LogP contribution in [0.2, 0.25) is 0 Å². The molecule has 0 unspecified atom stereocenters. The van der Waals surface area contributed by atoms with Crippen LogP contribution < -0.4 is 5.73 Å². The molecule has 2 N–H and O–H groups in total. The lowest BCUT2D eigenvalue weighted by atomic mass is 10.3. The lowest BCUT2D eigenvalue weighted by Gasteiger charge is -1.95. The number of nitrogens with zero attached hydrogens (tertiary/aromatic N) is 6. The average Bonchev–Trinajstić information content (AvgIpc) is 2.77. The summed E-state index contributed by atoms with van der Waals surface area (Å²) in [6.45, 7) is 2.50. The normalized spacial score (nSPS) is 10.3. The van der Waals surface area contributed by atoms with Crippen LogP contribution in [0.15, 0.2) is 12.4 Å². The molecule has 16 heavy (non-hydrogen) atoms. The molecular formula is C8H9N7O. The molecule has 0 aliphatic carbocycles. The molecule has 0 fully saturated rings. The van der Waals surface area contributed by atoms with E-state index in [-0.39, 0.29) is 5.69 Å². The number of amides is 1. The molecule has 1 amide bonds. The summed E-state index contributed by atoms with van der Waals surface area (Å²) in [5.74, 6) is -0.279. The van der Waals surface area contributed by atoms with Crippen molar-refractivity contribution in [3.63, 3.8) is 0 Å². The second kappa shape index (κ2) is 4.01. The Morgan fingerprint density at radius 2 is 2.31 bits per heavy atom. The van der Waals surface area contributed by atoms with E-state index >= 15 is 0 Å². The van der Waals surface area contributed by atoms with Crippen molar-refractivity contribution in [2.24, 2.45) is 5.73 Å². The van der Waals surface area contributed by atoms with Crippen molar-refractivity contribution < 1.29 is 4.79 Å². The molecule has 2 aromatic heterocycles. The Bertz CT molecular complexity index is 521. The molecule has 8 heteroatoms. The minimum absolute atomic E-state index is 0.123. The molecular weight excluding hydrogens is 210 g/mol. The zero-order valence-corrected chi connectivity index (χ0v) is 8.53. The lowest BCUT2D eigenvalue weighted by Crippen LogP contribution is -2.13. The first-order chi connectivity index (χ1) is 7.70. The van der Waals surface area contributed by atoms with E-state index in [1.165, 1.54) is 17.2 Å². The lowest BCUT2D eigenvalue weighted by molar-refractivity contribution is 0.0995. The van der Waals surface area contributed by atoms with E-state index in [1.807, 2.05) is 6.92 Å². The highest BCUT2D eigenvalue weighted by molar-refractivity contribution is 5.91. The molecule has 0 spiro atoms. The van der Waals surface area contributed by atoms with Crippen LogP contribution >= 0.6 is 0 Å². The van der Waals surface area contributed by atoms with Gasteiger partial charge in [-0.05, 0) is 18.2 Å². The molecule has 0 atom stereocenters. The van der Waals surface area contributed by atoms with Gasteiger partial charge >= 0.3 is 0 Å². The van der Waals surface area contributed by atoms with Gasteiger partial charge in [0.15, 0.2) is 0 Å². The number of hydrogen-bond donors (Lipinski definition) is 1. The van der Waals surface area contributed by atoms with E-state index < -0.39 is 5.91 Å². The summed E-state index contributed by atoms with van der Waals surface area (Å²) < 4.78 is 0. The van der Waals surface area contributed by atoms with E-state index in [2.05, 4.69) is 25.4 Å². The number of carbonyl (C=O) groups is 1. The first kappa shape index (κ1) is 10.1. The summed E-state index contributed by atoms with van der Waals surface area (Å²) >= 11 is 0. The number of aryl methyl sites for hydroxylation is 1. The molecule has 0 saturated carbocycles. The van der Waals surface area contributed by atoms with Crippen LogP contribution in [0.25, 0.3) is 11.5 Å². The third-order valence-electron chi connectivity index (χ3n) is 1.88. The highest BCUT2D eigenvalue weighted by Gasteiger charge is 2.10. The van der Waals surface area contributed by atoms with Crippen molar-refractivity contribution >= 4 is 5.91 Å². The van der Waals surface area contributed by atoms with Crippen LogP contribution in [0, 0.1) is 0 Å². The highest BCUT2D eigenvalue weighted by atomic mass is 16.1. The third-order valence-corrected chi connectivity index (χ3v) is 1.88. The summed E-state index contributed by atoms with van der Waals surface area (Å²) in [6, 6.07) is 1.43. The minimum atomic E-state index is -0.619. The Kier molecular flexibility index (Phi) is 2.54. The van der Waals surface area contributed by atoms with Gasteiger partial charge < -0.3 is 5.73 Å². The van der Waals surface area contributed by atoms with Crippen molar-refractivity contribution in [1.82, 2.24) is 30.2 Å². The van der Waals surface area contributed by atoms with E-state index in [0.29, 0.717) is 18.1 Å². The standard InChI is InChI=1S/C8H9N7O/c1-2-15-13-8(12-14-15)6-3-5(7(9)16)10-4-11-6/h3-4H,2H2,1H3,(H2,9,16). The molecule has 0 radical (unpaired) electrons. The molecule has 0 aliphatic rings. The quantitative estimate of drug-likeness (QED) is 0.726. The van der Waals surface area contributed by atoms with Crippen LogP contribution in [0.4, 0.5) is 0 Å². The van der Waals surface area contributed by atoms with Gasteiger partial charge in [-0.2, -0.15) is 4.80 Å². The fourth-order valence-electron chi connectivity index (χ4n) is 1.09. The number of primary amides is 1. The molecule has 0 aromatic carbocycles. The van der Waals surface area contributed by atoms with E-state index in [0.717, 1.165) is 0 Å². The Morgan fingerprint density at radius 3 is 2.94 bits per heavy atom. The topological polar surface area (TPSA) is 112 Å². The number of hydrogen-bond acceptors (Lipinski definition) is 6. The number of carbonyl (C=O) groups excluding carboxylic acids is 1. The summed E-state index contributed by atoms with van der Waals surface area (Å²) in [5.41, 5.74) is 5.64. The van der Waals surface area contributed by atoms with Crippen LogP contribution in [-0.2, 0) is 6.54 Å². The van der Waals surface area contributed by atoms with Crippen molar-refractivity contribution in [2.45, 2.75) is 13.5 Å². The Labute approximate surface area is 90.5 Å². The molecule has 2 aromatic rings. The van der Waals surface area contributed by atoms with Crippen LogP contribution in [-0.4, -0.2) is 36.1 Å². The SMILES string of the molecule is CCn1nnc(-c2cc(C(N)=O)ncn2)n1. The van der Waals surface area contributed by atoms with Crippen molar-refractivity contribution in [3.8, 4) is 11.5 Å². The number of nitrogens with two attached hydrogens (primary N) is 1. The highest BCUT2D eigenvalue weighted by Crippen LogP contribution is 2.09. The maximum Gasteiger partial charge on any atom is 0.267 e. The smallest absolute Gasteiger partial charge is 0.267 e. The van der Waals surface area contributed by atoms with Crippen LogP contribution in [0.3, 0.4) is 0 Å². The molecule has 0 bridgehead atoms. The largest absolute Gasteiger partial charge is 0.364 e. The fraction of sp³-hybridized carbons (Fsp3) is 0.250. The first-order valence-corrected chi connectivity index (χ1v) is 4.60. The number of aromatic nitrogens is 6. The van der Waals surface area contributed by atoms with Gasteiger partial charge in [0, 0.05) is 0 Å². The zero-order valence-electron chi connectivity index (χ0n) is 8.53. The van der Waals surface area contributed by atoms with E-state index in [4.69, 9.17) is 5.73 Å². The van der Waals surface area contributed by atoms with Gasteiger partial charge in [0.05, 0.1) is 6.54 Å². The zero-order chi connectivity index (χ0) is 11.5. The first-order valence-electron chi connectivity index (χ1n) is 4.60. The van der Waals surface area contributed by atoms with Crippen molar-refractivity contribution in [2.75, 3.05) is 0 Å². The second-order valence-electron chi connectivity index (χ2n) is 2.95. The van der Waals surface area contributed by atoms with Crippen LogP contribution in [0.5, 0.6) is 0 Å². The van der Waals surface area contributed by atoms with Gasteiger partial charge in [0.2, 0.25) is 5.82 Å².